The van der Waals surface area contributed by atoms with Crippen LogP contribution >= 0.6 is 0 Å². The number of hydrogen-bond acceptors (Lipinski definition) is 6. The topological polar surface area (TPSA) is 102 Å². The Balaban J connectivity index is 2.04. The van der Waals surface area contributed by atoms with Gasteiger partial charge in [0.2, 0.25) is 0 Å². The quantitative estimate of drug-likeness (QED) is 0.585. The predicted octanol–water partition coefficient (Wildman–Crippen LogP) is 3.02. The molecule has 0 saturated carbocycles. The smallest absolute Gasteiger partial charge is 0.270 e. The van der Waals surface area contributed by atoms with Crippen molar-refractivity contribution in [1.82, 2.24) is 10.1 Å². The Bertz CT molecular complexity index is 799. The van der Waals surface area contributed by atoms with Gasteiger partial charge in [-0.1, -0.05) is 11.2 Å². The molecule has 0 spiro atoms. The predicted molar refractivity (Wildman–Crippen MR) is 73.5 cm³/mol. The third-order valence-electron chi connectivity index (χ3n) is 2.89. The Labute approximate surface area is 118 Å². The molecular formula is C14H9N3O4. The summed E-state index contributed by atoms with van der Waals surface area (Å²) in [4.78, 5) is 14.4. The Morgan fingerprint density at radius 2 is 2.00 bits per heavy atom. The third kappa shape index (κ3) is 2.44. The summed E-state index contributed by atoms with van der Waals surface area (Å²) in [5, 5.41) is 24.4. The van der Waals surface area contributed by atoms with Crippen LogP contribution in [0, 0.1) is 10.1 Å². The summed E-state index contributed by atoms with van der Waals surface area (Å²) in [6.45, 7) is 0. The highest BCUT2D eigenvalue weighted by Gasteiger charge is 2.16. The molecular weight excluding hydrogens is 274 g/mol. The maximum Gasteiger partial charge on any atom is 0.270 e. The Kier molecular flexibility index (Phi) is 3.07. The zero-order valence-corrected chi connectivity index (χ0v) is 10.6. The fraction of sp³-hybridized carbons (Fsp3) is 0. The van der Waals surface area contributed by atoms with Gasteiger partial charge >= 0.3 is 0 Å². The van der Waals surface area contributed by atoms with Gasteiger partial charge in [0.25, 0.3) is 5.69 Å². The van der Waals surface area contributed by atoms with Gasteiger partial charge in [0.15, 0.2) is 5.76 Å². The molecule has 0 aliphatic heterocycles. The van der Waals surface area contributed by atoms with Crippen molar-refractivity contribution in [2.24, 2.45) is 0 Å². The molecule has 0 amide bonds. The highest BCUT2D eigenvalue weighted by atomic mass is 16.6. The highest BCUT2D eigenvalue weighted by molar-refractivity contribution is 5.72. The largest absolute Gasteiger partial charge is 0.507 e. The number of aromatic hydroxyl groups is 1. The molecule has 0 fully saturated rings. The molecule has 0 radical (unpaired) electrons. The van der Waals surface area contributed by atoms with E-state index >= 15 is 0 Å². The number of nitro benzene ring substituents is 1. The van der Waals surface area contributed by atoms with E-state index in [9.17, 15) is 15.2 Å². The van der Waals surface area contributed by atoms with E-state index in [0.717, 1.165) is 0 Å². The van der Waals surface area contributed by atoms with Gasteiger partial charge in [-0.25, -0.2) is 0 Å². The molecule has 7 heteroatoms. The van der Waals surface area contributed by atoms with E-state index in [1.165, 1.54) is 18.2 Å². The molecule has 21 heavy (non-hydrogen) atoms. The Hall–Kier alpha value is -3.22. The van der Waals surface area contributed by atoms with Gasteiger partial charge in [-0.15, -0.1) is 0 Å². The first-order valence-electron chi connectivity index (χ1n) is 6.01. The minimum atomic E-state index is -0.539. The standard InChI is InChI=1S/C14H9N3O4/c18-13-5-4-9(17(19)20)7-10(13)12-8-14(21-16-12)11-3-1-2-6-15-11/h1-8,18H. The summed E-state index contributed by atoms with van der Waals surface area (Å²) in [5.74, 6) is 0.304. The normalized spacial score (nSPS) is 10.5. The molecule has 1 N–H and O–H groups in total. The van der Waals surface area contributed by atoms with Crippen molar-refractivity contribution in [3.05, 3.63) is 58.8 Å². The van der Waals surface area contributed by atoms with Crippen LogP contribution in [0.4, 0.5) is 5.69 Å². The van der Waals surface area contributed by atoms with Crippen LogP contribution in [0.25, 0.3) is 22.7 Å². The van der Waals surface area contributed by atoms with Crippen LogP contribution in [0.5, 0.6) is 5.75 Å². The minimum Gasteiger partial charge on any atom is -0.507 e. The van der Waals surface area contributed by atoms with Crippen LogP contribution < -0.4 is 0 Å². The molecule has 3 aromatic rings. The Morgan fingerprint density at radius 1 is 1.14 bits per heavy atom. The van der Waals surface area contributed by atoms with Gasteiger partial charge in [0.05, 0.1) is 10.5 Å². The van der Waals surface area contributed by atoms with Crippen LogP contribution in [-0.2, 0) is 0 Å². The number of phenolic OH excluding ortho intramolecular Hbond substituents is 1. The Morgan fingerprint density at radius 3 is 2.71 bits per heavy atom. The lowest BCUT2D eigenvalue weighted by Gasteiger charge is -1.99. The lowest BCUT2D eigenvalue weighted by Crippen LogP contribution is -1.88. The average molecular weight is 283 g/mol. The molecule has 0 saturated heterocycles. The zero-order valence-electron chi connectivity index (χ0n) is 10.6. The number of pyridine rings is 1. The number of nitro groups is 1. The molecule has 2 aromatic heterocycles. The minimum absolute atomic E-state index is 0.110. The summed E-state index contributed by atoms with van der Waals surface area (Å²) >= 11 is 0. The van der Waals surface area contributed by atoms with Crippen LogP contribution in [0.2, 0.25) is 0 Å². The SMILES string of the molecule is O=[N+]([O-])c1ccc(O)c(-c2cc(-c3ccccn3)on2)c1. The molecule has 0 bridgehead atoms. The zero-order chi connectivity index (χ0) is 14.8. The van der Waals surface area contributed by atoms with Crippen molar-refractivity contribution in [2.45, 2.75) is 0 Å². The fourth-order valence-electron chi connectivity index (χ4n) is 1.87. The number of rotatable bonds is 3. The summed E-state index contributed by atoms with van der Waals surface area (Å²) < 4.78 is 5.17. The van der Waals surface area contributed by atoms with Gasteiger partial charge < -0.3 is 9.63 Å². The molecule has 104 valence electrons. The first-order chi connectivity index (χ1) is 10.1. The van der Waals surface area contributed by atoms with Crippen LogP contribution in [0.1, 0.15) is 0 Å². The lowest BCUT2D eigenvalue weighted by atomic mass is 10.1. The van der Waals surface area contributed by atoms with E-state index < -0.39 is 4.92 Å². The van der Waals surface area contributed by atoms with E-state index in [4.69, 9.17) is 4.52 Å². The van der Waals surface area contributed by atoms with Crippen LogP contribution in [0.3, 0.4) is 0 Å². The number of non-ortho nitro benzene ring substituents is 1. The average Bonchev–Trinajstić information content (AvgIpc) is 2.98. The molecule has 0 aliphatic rings. The lowest BCUT2D eigenvalue weighted by molar-refractivity contribution is -0.384. The van der Waals surface area contributed by atoms with Gasteiger partial charge in [-0.3, -0.25) is 15.1 Å². The first-order valence-corrected chi connectivity index (χ1v) is 6.01. The fourth-order valence-corrected chi connectivity index (χ4v) is 1.87. The summed E-state index contributed by atoms with van der Waals surface area (Å²) in [5.41, 5.74) is 0.985. The van der Waals surface area contributed by atoms with E-state index in [1.54, 1.807) is 30.5 Å². The molecule has 0 atom stereocenters. The number of hydrogen-bond donors (Lipinski definition) is 1. The number of aromatic nitrogens is 2. The van der Waals surface area contributed by atoms with Crippen LogP contribution in [-0.4, -0.2) is 20.2 Å². The van der Waals surface area contributed by atoms with Crippen molar-refractivity contribution in [3.8, 4) is 28.5 Å². The number of phenols is 1. The molecule has 0 aliphatic carbocycles. The first kappa shape index (κ1) is 12.8. The van der Waals surface area contributed by atoms with E-state index in [1.807, 2.05) is 0 Å². The number of benzene rings is 1. The monoisotopic (exact) mass is 283 g/mol. The van der Waals surface area contributed by atoms with Gasteiger partial charge in [0.1, 0.15) is 17.1 Å². The van der Waals surface area contributed by atoms with Crippen molar-refractivity contribution >= 4 is 5.69 Å². The van der Waals surface area contributed by atoms with Crippen molar-refractivity contribution in [2.75, 3.05) is 0 Å². The summed E-state index contributed by atoms with van der Waals surface area (Å²) in [6, 6.07) is 10.6. The maximum atomic E-state index is 10.8. The van der Waals surface area contributed by atoms with Gasteiger partial charge in [0, 0.05) is 24.4 Å². The second-order valence-electron chi connectivity index (χ2n) is 4.25. The third-order valence-corrected chi connectivity index (χ3v) is 2.89. The number of nitrogens with zero attached hydrogens (tertiary/aromatic N) is 3. The molecule has 1 aromatic carbocycles. The van der Waals surface area contributed by atoms with E-state index in [-0.39, 0.29) is 17.0 Å². The molecule has 3 rings (SSSR count). The second kappa shape index (κ2) is 5.04. The molecule has 2 heterocycles. The maximum absolute atomic E-state index is 10.8. The summed E-state index contributed by atoms with van der Waals surface area (Å²) in [7, 11) is 0. The van der Waals surface area contributed by atoms with Gasteiger partial charge in [-0.05, 0) is 18.2 Å². The van der Waals surface area contributed by atoms with Crippen molar-refractivity contribution in [3.63, 3.8) is 0 Å². The molecule has 7 nitrogen and oxygen atoms in total. The van der Waals surface area contributed by atoms with E-state index in [0.29, 0.717) is 17.1 Å². The molecule has 0 unspecified atom stereocenters. The summed E-state index contributed by atoms with van der Waals surface area (Å²) in [6.07, 6.45) is 1.61. The van der Waals surface area contributed by atoms with Gasteiger partial charge in [-0.2, -0.15) is 0 Å². The highest BCUT2D eigenvalue weighted by Crippen LogP contribution is 2.33. The second-order valence-corrected chi connectivity index (χ2v) is 4.25. The van der Waals surface area contributed by atoms with Crippen molar-refractivity contribution < 1.29 is 14.6 Å². The van der Waals surface area contributed by atoms with E-state index in [2.05, 4.69) is 10.1 Å². The van der Waals surface area contributed by atoms with Crippen LogP contribution in [0.15, 0.2) is 53.2 Å². The van der Waals surface area contributed by atoms with Crippen molar-refractivity contribution in [1.29, 1.82) is 0 Å².